The molecule has 2 heterocycles. The molecule has 1 amide bonds. The van der Waals surface area contributed by atoms with Crippen molar-refractivity contribution in [1.29, 1.82) is 0 Å². The van der Waals surface area contributed by atoms with Crippen molar-refractivity contribution in [3.8, 4) is 5.75 Å². The first-order valence-electron chi connectivity index (χ1n) is 6.18. The molecule has 1 aromatic rings. The number of aromatic hydroxyl groups is 1. The van der Waals surface area contributed by atoms with Crippen LogP contribution in [0.25, 0.3) is 0 Å². The summed E-state index contributed by atoms with van der Waals surface area (Å²) < 4.78 is 0. The zero-order chi connectivity index (χ0) is 14.0. The smallest absolute Gasteiger partial charge is 0.308 e. The number of likely N-dealkylation sites (tertiary alicyclic amines) is 1. The van der Waals surface area contributed by atoms with Crippen molar-refractivity contribution < 1.29 is 19.8 Å². The van der Waals surface area contributed by atoms with Gasteiger partial charge in [0.05, 0.1) is 5.92 Å². The van der Waals surface area contributed by atoms with E-state index in [4.69, 9.17) is 5.11 Å². The molecule has 2 rings (SSSR count). The van der Waals surface area contributed by atoms with E-state index in [1.165, 1.54) is 23.2 Å². The number of hydrogen-bond acceptors (Lipinski definition) is 4. The van der Waals surface area contributed by atoms with Crippen LogP contribution >= 0.6 is 0 Å². The van der Waals surface area contributed by atoms with Crippen LogP contribution < -0.4 is 0 Å². The molecule has 0 radical (unpaired) electrons. The molecule has 1 aromatic heterocycles. The van der Waals surface area contributed by atoms with Crippen molar-refractivity contribution in [2.75, 3.05) is 6.54 Å². The minimum Gasteiger partial charge on any atom is -0.505 e. The van der Waals surface area contributed by atoms with Gasteiger partial charge in [0.25, 0.3) is 5.91 Å². The Labute approximate surface area is 110 Å². The number of amides is 1. The van der Waals surface area contributed by atoms with Crippen molar-refractivity contribution >= 4 is 11.9 Å². The van der Waals surface area contributed by atoms with Gasteiger partial charge in [-0.1, -0.05) is 0 Å². The van der Waals surface area contributed by atoms with Gasteiger partial charge < -0.3 is 15.1 Å². The van der Waals surface area contributed by atoms with E-state index < -0.39 is 17.8 Å². The summed E-state index contributed by atoms with van der Waals surface area (Å²) in [6, 6.07) is 2.87. The molecule has 0 saturated carbocycles. The summed E-state index contributed by atoms with van der Waals surface area (Å²) in [4.78, 5) is 28.7. The normalized spacial score (nSPS) is 23.1. The van der Waals surface area contributed by atoms with Crippen LogP contribution in [0.15, 0.2) is 18.3 Å². The van der Waals surface area contributed by atoms with E-state index in [2.05, 4.69) is 4.98 Å². The summed E-state index contributed by atoms with van der Waals surface area (Å²) in [5.41, 5.74) is -0.0274. The molecule has 1 saturated heterocycles. The fraction of sp³-hybridized carbons (Fsp3) is 0.462. The van der Waals surface area contributed by atoms with Crippen LogP contribution in [0.2, 0.25) is 0 Å². The minimum atomic E-state index is -0.894. The van der Waals surface area contributed by atoms with E-state index in [0.717, 1.165) is 0 Å². The Kier molecular flexibility index (Phi) is 3.69. The van der Waals surface area contributed by atoms with Crippen molar-refractivity contribution in [1.82, 2.24) is 9.88 Å². The van der Waals surface area contributed by atoms with Gasteiger partial charge in [-0.2, -0.15) is 0 Å². The van der Waals surface area contributed by atoms with Crippen LogP contribution in [0, 0.1) is 5.92 Å². The lowest BCUT2D eigenvalue weighted by Gasteiger charge is -2.36. The number of aromatic nitrogens is 1. The number of piperidine rings is 1. The van der Waals surface area contributed by atoms with Gasteiger partial charge in [-0.15, -0.1) is 0 Å². The van der Waals surface area contributed by atoms with Crippen LogP contribution in [0.3, 0.4) is 0 Å². The predicted octanol–water partition coefficient (Wildman–Crippen LogP) is 1.11. The van der Waals surface area contributed by atoms with Crippen LogP contribution in [-0.2, 0) is 4.79 Å². The first-order chi connectivity index (χ1) is 9.00. The lowest BCUT2D eigenvalue weighted by atomic mass is 9.93. The molecule has 19 heavy (non-hydrogen) atoms. The summed E-state index contributed by atoms with van der Waals surface area (Å²) in [6.07, 6.45) is 2.63. The maximum atomic E-state index is 12.3. The first kappa shape index (κ1) is 13.3. The lowest BCUT2D eigenvalue weighted by molar-refractivity contribution is -0.143. The number of hydrogen-bond donors (Lipinski definition) is 2. The van der Waals surface area contributed by atoms with Gasteiger partial charge in [-0.05, 0) is 31.9 Å². The molecule has 0 aromatic carbocycles. The Morgan fingerprint density at radius 2 is 2.16 bits per heavy atom. The molecule has 0 spiro atoms. The summed E-state index contributed by atoms with van der Waals surface area (Å²) in [5.74, 6) is -2.05. The van der Waals surface area contributed by atoms with Crippen molar-refractivity contribution in [2.45, 2.75) is 25.8 Å². The number of carboxylic acid groups (broad SMARTS) is 1. The second kappa shape index (κ2) is 5.26. The van der Waals surface area contributed by atoms with Gasteiger partial charge in [-0.3, -0.25) is 9.59 Å². The number of carbonyl (C=O) groups is 2. The Bertz CT molecular complexity index is 503. The van der Waals surface area contributed by atoms with E-state index in [9.17, 15) is 14.7 Å². The number of rotatable bonds is 2. The SMILES string of the molecule is CC1CCC(C(=O)O)CN1C(=O)c1ncccc1O. The summed E-state index contributed by atoms with van der Waals surface area (Å²) in [5, 5.41) is 18.7. The molecule has 1 fully saturated rings. The zero-order valence-corrected chi connectivity index (χ0v) is 10.6. The minimum absolute atomic E-state index is 0.0274. The van der Waals surface area contributed by atoms with Crippen LogP contribution in [0.1, 0.15) is 30.3 Å². The van der Waals surface area contributed by atoms with E-state index in [-0.39, 0.29) is 24.0 Å². The molecule has 0 bridgehead atoms. The van der Waals surface area contributed by atoms with E-state index >= 15 is 0 Å². The van der Waals surface area contributed by atoms with Crippen molar-refractivity contribution in [3.63, 3.8) is 0 Å². The molecular weight excluding hydrogens is 248 g/mol. The Hall–Kier alpha value is -2.11. The highest BCUT2D eigenvalue weighted by atomic mass is 16.4. The summed E-state index contributed by atoms with van der Waals surface area (Å²) in [6.45, 7) is 2.03. The van der Waals surface area contributed by atoms with Gasteiger partial charge in [0.2, 0.25) is 0 Å². The highest BCUT2D eigenvalue weighted by Crippen LogP contribution is 2.25. The van der Waals surface area contributed by atoms with E-state index in [1.54, 1.807) is 0 Å². The highest BCUT2D eigenvalue weighted by Gasteiger charge is 2.34. The van der Waals surface area contributed by atoms with Gasteiger partial charge >= 0.3 is 5.97 Å². The summed E-state index contributed by atoms with van der Waals surface area (Å²) >= 11 is 0. The Morgan fingerprint density at radius 3 is 2.79 bits per heavy atom. The molecule has 2 unspecified atom stereocenters. The van der Waals surface area contributed by atoms with Gasteiger partial charge in [0.15, 0.2) is 5.69 Å². The predicted molar refractivity (Wildman–Crippen MR) is 66.8 cm³/mol. The topological polar surface area (TPSA) is 90.7 Å². The van der Waals surface area contributed by atoms with Crippen molar-refractivity contribution in [2.24, 2.45) is 5.92 Å². The summed E-state index contributed by atoms with van der Waals surface area (Å²) in [7, 11) is 0. The molecular formula is C13H16N2O4. The third kappa shape index (κ3) is 2.67. The number of pyridine rings is 1. The van der Waals surface area contributed by atoms with E-state index in [0.29, 0.717) is 12.8 Å². The van der Waals surface area contributed by atoms with Crippen LogP contribution in [-0.4, -0.2) is 44.6 Å². The quantitative estimate of drug-likeness (QED) is 0.835. The Morgan fingerprint density at radius 1 is 1.42 bits per heavy atom. The highest BCUT2D eigenvalue weighted by molar-refractivity contribution is 5.95. The molecule has 1 aliphatic rings. The number of carbonyl (C=O) groups excluding carboxylic acids is 1. The third-order valence-electron chi connectivity index (χ3n) is 3.48. The maximum Gasteiger partial charge on any atom is 0.308 e. The maximum absolute atomic E-state index is 12.3. The fourth-order valence-electron chi connectivity index (χ4n) is 2.29. The van der Waals surface area contributed by atoms with Crippen LogP contribution in [0.4, 0.5) is 0 Å². The first-order valence-corrected chi connectivity index (χ1v) is 6.18. The van der Waals surface area contributed by atoms with Crippen molar-refractivity contribution in [3.05, 3.63) is 24.0 Å². The van der Waals surface area contributed by atoms with Gasteiger partial charge in [0, 0.05) is 18.8 Å². The number of nitrogens with zero attached hydrogens (tertiary/aromatic N) is 2. The molecule has 102 valence electrons. The number of carboxylic acids is 1. The molecule has 0 aliphatic carbocycles. The third-order valence-corrected chi connectivity index (χ3v) is 3.48. The van der Waals surface area contributed by atoms with Gasteiger partial charge in [0.1, 0.15) is 5.75 Å². The zero-order valence-electron chi connectivity index (χ0n) is 10.6. The average Bonchev–Trinajstić information content (AvgIpc) is 2.38. The Balaban J connectivity index is 2.22. The second-order valence-corrected chi connectivity index (χ2v) is 4.79. The molecule has 6 nitrogen and oxygen atoms in total. The molecule has 1 aliphatic heterocycles. The second-order valence-electron chi connectivity index (χ2n) is 4.79. The monoisotopic (exact) mass is 264 g/mol. The molecule has 6 heteroatoms. The fourth-order valence-corrected chi connectivity index (χ4v) is 2.29. The van der Waals surface area contributed by atoms with E-state index in [1.807, 2.05) is 6.92 Å². The molecule has 2 atom stereocenters. The largest absolute Gasteiger partial charge is 0.505 e. The van der Waals surface area contributed by atoms with Gasteiger partial charge in [-0.25, -0.2) is 4.98 Å². The average molecular weight is 264 g/mol. The number of aliphatic carboxylic acids is 1. The van der Waals surface area contributed by atoms with Crippen LogP contribution in [0.5, 0.6) is 5.75 Å². The lowest BCUT2D eigenvalue weighted by Crippen LogP contribution is -2.47. The molecule has 2 N–H and O–H groups in total. The standard InChI is InChI=1S/C13H16N2O4/c1-8-4-5-9(13(18)19)7-15(8)12(17)11-10(16)3-2-6-14-11/h2-3,6,8-9,16H,4-5,7H2,1H3,(H,18,19).